The normalized spacial score (nSPS) is 24.6. The number of ether oxygens (including phenoxy) is 1. The molecule has 0 radical (unpaired) electrons. The van der Waals surface area contributed by atoms with Crippen molar-refractivity contribution in [3.05, 3.63) is 23.9 Å². The van der Waals surface area contributed by atoms with Gasteiger partial charge in [-0.1, -0.05) is 6.42 Å². The predicted molar refractivity (Wildman–Crippen MR) is 67.9 cm³/mol. The maximum Gasteiger partial charge on any atom is 0.213 e. The van der Waals surface area contributed by atoms with Gasteiger partial charge in [-0.25, -0.2) is 4.98 Å². The zero-order chi connectivity index (χ0) is 12.1. The van der Waals surface area contributed by atoms with E-state index in [0.717, 1.165) is 13.0 Å². The minimum atomic E-state index is 0.369. The van der Waals surface area contributed by atoms with Crippen molar-refractivity contribution in [2.45, 2.75) is 44.3 Å². The van der Waals surface area contributed by atoms with Gasteiger partial charge in [0, 0.05) is 30.9 Å². The van der Waals surface area contributed by atoms with Crippen LogP contribution in [-0.2, 0) is 6.54 Å². The van der Waals surface area contributed by atoms with Crippen LogP contribution in [0.4, 0.5) is 0 Å². The first-order valence-electron chi connectivity index (χ1n) is 6.26. The van der Waals surface area contributed by atoms with E-state index < -0.39 is 0 Å². The summed E-state index contributed by atoms with van der Waals surface area (Å²) in [6, 6.07) is 4.90. The van der Waals surface area contributed by atoms with Crippen LogP contribution < -0.4 is 15.8 Å². The molecule has 0 aromatic carbocycles. The van der Waals surface area contributed by atoms with Gasteiger partial charge in [0.1, 0.15) is 0 Å². The van der Waals surface area contributed by atoms with E-state index in [1.807, 2.05) is 12.1 Å². The number of aromatic nitrogens is 1. The van der Waals surface area contributed by atoms with Gasteiger partial charge in [0.15, 0.2) is 0 Å². The summed E-state index contributed by atoms with van der Waals surface area (Å²) in [5.74, 6) is 0.671. The molecule has 1 fully saturated rings. The van der Waals surface area contributed by atoms with E-state index in [-0.39, 0.29) is 0 Å². The average Bonchev–Trinajstić information content (AvgIpc) is 2.37. The Kier molecular flexibility index (Phi) is 4.34. The molecule has 94 valence electrons. The fraction of sp³-hybridized carbons (Fsp3) is 0.615. The predicted octanol–water partition coefficient (Wildman–Crippen LogP) is 1.45. The van der Waals surface area contributed by atoms with Crippen molar-refractivity contribution in [1.29, 1.82) is 0 Å². The van der Waals surface area contributed by atoms with Gasteiger partial charge < -0.3 is 15.8 Å². The Bertz CT molecular complexity index is 356. The van der Waals surface area contributed by atoms with E-state index in [4.69, 9.17) is 10.5 Å². The van der Waals surface area contributed by atoms with E-state index in [1.54, 1.807) is 13.3 Å². The molecule has 1 aliphatic carbocycles. The van der Waals surface area contributed by atoms with Gasteiger partial charge in [0.05, 0.1) is 7.11 Å². The second-order valence-electron chi connectivity index (χ2n) is 4.71. The lowest BCUT2D eigenvalue weighted by atomic mass is 9.91. The molecule has 0 amide bonds. The molecule has 0 spiro atoms. The summed E-state index contributed by atoms with van der Waals surface area (Å²) in [5.41, 5.74) is 7.17. The van der Waals surface area contributed by atoms with Crippen molar-refractivity contribution in [2.24, 2.45) is 5.73 Å². The van der Waals surface area contributed by atoms with Crippen molar-refractivity contribution in [3.63, 3.8) is 0 Å². The standard InChI is InChI=1S/C13H21N3O/c1-17-13-7-10(5-6-15-13)9-16-12-4-2-3-11(14)8-12/h5-7,11-12,16H,2-4,8-9,14H2,1H3. The monoisotopic (exact) mass is 235 g/mol. The zero-order valence-corrected chi connectivity index (χ0v) is 10.4. The van der Waals surface area contributed by atoms with Gasteiger partial charge in [0.25, 0.3) is 0 Å². The van der Waals surface area contributed by atoms with Crippen LogP contribution in [0, 0.1) is 0 Å². The summed E-state index contributed by atoms with van der Waals surface area (Å²) >= 11 is 0. The highest BCUT2D eigenvalue weighted by atomic mass is 16.5. The highest BCUT2D eigenvalue weighted by molar-refractivity contribution is 5.20. The number of pyridine rings is 1. The molecular weight excluding hydrogens is 214 g/mol. The lowest BCUT2D eigenvalue weighted by Gasteiger charge is -2.27. The van der Waals surface area contributed by atoms with Crippen molar-refractivity contribution >= 4 is 0 Å². The van der Waals surface area contributed by atoms with Crippen molar-refractivity contribution in [3.8, 4) is 5.88 Å². The Hall–Kier alpha value is -1.13. The number of hydrogen-bond donors (Lipinski definition) is 2. The van der Waals surface area contributed by atoms with Crippen LogP contribution in [0.1, 0.15) is 31.2 Å². The van der Waals surface area contributed by atoms with Gasteiger partial charge in [-0.15, -0.1) is 0 Å². The van der Waals surface area contributed by atoms with Gasteiger partial charge in [-0.05, 0) is 30.9 Å². The number of nitrogens with two attached hydrogens (primary N) is 1. The first-order valence-corrected chi connectivity index (χ1v) is 6.26. The second-order valence-corrected chi connectivity index (χ2v) is 4.71. The first-order chi connectivity index (χ1) is 8.28. The maximum absolute atomic E-state index is 5.97. The summed E-state index contributed by atoms with van der Waals surface area (Å²) in [5, 5.41) is 3.56. The van der Waals surface area contributed by atoms with E-state index in [1.165, 1.54) is 24.8 Å². The second kappa shape index (κ2) is 5.98. The molecule has 2 rings (SSSR count). The Balaban J connectivity index is 1.84. The Morgan fingerprint density at radius 1 is 1.53 bits per heavy atom. The minimum Gasteiger partial charge on any atom is -0.481 e. The molecule has 4 nitrogen and oxygen atoms in total. The molecule has 3 N–H and O–H groups in total. The van der Waals surface area contributed by atoms with Crippen LogP contribution in [-0.4, -0.2) is 24.2 Å². The van der Waals surface area contributed by atoms with Crippen LogP contribution in [0.3, 0.4) is 0 Å². The molecule has 0 aliphatic heterocycles. The quantitative estimate of drug-likeness (QED) is 0.829. The first kappa shape index (κ1) is 12.3. The highest BCUT2D eigenvalue weighted by Gasteiger charge is 2.18. The van der Waals surface area contributed by atoms with E-state index in [0.29, 0.717) is 18.0 Å². The number of methoxy groups -OCH3 is 1. The zero-order valence-electron chi connectivity index (χ0n) is 10.4. The molecule has 0 saturated heterocycles. The number of nitrogens with one attached hydrogen (secondary N) is 1. The average molecular weight is 235 g/mol. The van der Waals surface area contributed by atoms with E-state index in [2.05, 4.69) is 10.3 Å². The smallest absolute Gasteiger partial charge is 0.213 e. The van der Waals surface area contributed by atoms with Crippen molar-refractivity contribution in [2.75, 3.05) is 7.11 Å². The largest absolute Gasteiger partial charge is 0.481 e. The van der Waals surface area contributed by atoms with Crippen LogP contribution in [0.2, 0.25) is 0 Å². The summed E-state index contributed by atoms with van der Waals surface area (Å²) in [4.78, 5) is 4.09. The van der Waals surface area contributed by atoms with Crippen LogP contribution >= 0.6 is 0 Å². The topological polar surface area (TPSA) is 60.2 Å². The molecule has 17 heavy (non-hydrogen) atoms. The van der Waals surface area contributed by atoms with E-state index in [9.17, 15) is 0 Å². The fourth-order valence-corrected chi connectivity index (χ4v) is 2.35. The van der Waals surface area contributed by atoms with Gasteiger partial charge in [-0.3, -0.25) is 0 Å². The molecule has 1 aromatic rings. The van der Waals surface area contributed by atoms with Gasteiger partial charge >= 0.3 is 0 Å². The molecule has 4 heteroatoms. The molecule has 1 aliphatic rings. The van der Waals surface area contributed by atoms with Gasteiger partial charge in [-0.2, -0.15) is 0 Å². The van der Waals surface area contributed by atoms with Crippen LogP contribution in [0.25, 0.3) is 0 Å². The number of nitrogens with zero attached hydrogens (tertiary/aromatic N) is 1. The molecule has 2 unspecified atom stereocenters. The Labute approximate surface area is 103 Å². The molecule has 2 atom stereocenters. The van der Waals surface area contributed by atoms with Crippen LogP contribution in [0.15, 0.2) is 18.3 Å². The summed E-state index contributed by atoms with van der Waals surface area (Å²) in [6.45, 7) is 0.857. The van der Waals surface area contributed by atoms with Gasteiger partial charge in [0.2, 0.25) is 5.88 Å². The lowest BCUT2D eigenvalue weighted by molar-refractivity contribution is 0.338. The van der Waals surface area contributed by atoms with Crippen LogP contribution in [0.5, 0.6) is 5.88 Å². The molecule has 1 saturated carbocycles. The molecule has 1 aromatic heterocycles. The fourth-order valence-electron chi connectivity index (χ4n) is 2.35. The number of hydrogen-bond acceptors (Lipinski definition) is 4. The lowest BCUT2D eigenvalue weighted by Crippen LogP contribution is -2.39. The third-order valence-corrected chi connectivity index (χ3v) is 3.32. The Morgan fingerprint density at radius 2 is 2.41 bits per heavy atom. The highest BCUT2D eigenvalue weighted by Crippen LogP contribution is 2.17. The summed E-state index contributed by atoms with van der Waals surface area (Å²) in [6.07, 6.45) is 6.50. The third-order valence-electron chi connectivity index (χ3n) is 3.32. The van der Waals surface area contributed by atoms with E-state index >= 15 is 0 Å². The summed E-state index contributed by atoms with van der Waals surface area (Å²) < 4.78 is 5.10. The molecule has 1 heterocycles. The molecule has 0 bridgehead atoms. The Morgan fingerprint density at radius 3 is 3.18 bits per heavy atom. The van der Waals surface area contributed by atoms with Crippen molar-refractivity contribution < 1.29 is 4.74 Å². The number of rotatable bonds is 4. The van der Waals surface area contributed by atoms with Crippen molar-refractivity contribution in [1.82, 2.24) is 10.3 Å². The minimum absolute atomic E-state index is 0.369. The summed E-state index contributed by atoms with van der Waals surface area (Å²) in [7, 11) is 1.64. The third kappa shape index (κ3) is 3.68. The molecular formula is C13H21N3O. The maximum atomic E-state index is 5.97. The SMILES string of the molecule is COc1cc(CNC2CCCC(N)C2)ccn1.